The molecule has 0 N–H and O–H groups in total. The lowest BCUT2D eigenvalue weighted by atomic mass is 9.96. The molecule has 3 heteroatoms. The van der Waals surface area contributed by atoms with Crippen molar-refractivity contribution in [2.45, 2.75) is 52.1 Å². The van der Waals surface area contributed by atoms with Crippen molar-refractivity contribution in [1.82, 2.24) is 4.90 Å². The van der Waals surface area contributed by atoms with E-state index < -0.39 is 5.79 Å². The van der Waals surface area contributed by atoms with Gasteiger partial charge in [0.1, 0.15) is 12.2 Å². The number of fused-ring (bicyclic) bond motifs is 1. The van der Waals surface area contributed by atoms with Crippen LogP contribution in [0.2, 0.25) is 0 Å². The molecule has 0 bridgehead atoms. The fraction of sp³-hybridized carbons (Fsp3) is 0.733. The van der Waals surface area contributed by atoms with Gasteiger partial charge >= 0.3 is 0 Å². The summed E-state index contributed by atoms with van der Waals surface area (Å²) in [5, 5.41) is 0. The van der Waals surface area contributed by atoms with Gasteiger partial charge in [-0.3, -0.25) is 0 Å². The molecule has 0 unspecified atom stereocenters. The van der Waals surface area contributed by atoms with E-state index in [9.17, 15) is 0 Å². The molecule has 0 radical (unpaired) electrons. The maximum Gasteiger partial charge on any atom is 0.164 e. The van der Waals surface area contributed by atoms with Gasteiger partial charge in [-0.25, -0.2) is 0 Å². The van der Waals surface area contributed by atoms with Crippen molar-refractivity contribution in [2.24, 2.45) is 0 Å². The Morgan fingerprint density at radius 1 is 1.22 bits per heavy atom. The molecule has 2 rings (SSSR count). The first-order chi connectivity index (χ1) is 8.55. The molecule has 2 atom stereocenters. The summed E-state index contributed by atoms with van der Waals surface area (Å²) in [5.41, 5.74) is 1.36. The fourth-order valence-corrected chi connectivity index (χ4v) is 2.65. The maximum absolute atomic E-state index is 6.00. The van der Waals surface area contributed by atoms with Gasteiger partial charge in [0, 0.05) is 6.54 Å². The van der Waals surface area contributed by atoms with Crippen molar-refractivity contribution in [3.63, 3.8) is 0 Å². The molecule has 18 heavy (non-hydrogen) atoms. The molecule has 102 valence electrons. The lowest BCUT2D eigenvalue weighted by Crippen LogP contribution is -2.29. The van der Waals surface area contributed by atoms with E-state index in [0.29, 0.717) is 0 Å². The van der Waals surface area contributed by atoms with E-state index in [1.165, 1.54) is 5.57 Å². The Morgan fingerprint density at radius 3 is 2.61 bits per heavy atom. The molecule has 0 spiro atoms. The van der Waals surface area contributed by atoms with Gasteiger partial charge in [0.15, 0.2) is 5.79 Å². The highest BCUT2D eigenvalue weighted by Gasteiger charge is 2.42. The van der Waals surface area contributed by atoms with Crippen molar-refractivity contribution in [1.29, 1.82) is 0 Å². The number of hydrogen-bond donors (Lipinski definition) is 0. The predicted octanol–water partition coefficient (Wildman–Crippen LogP) is 2.73. The van der Waals surface area contributed by atoms with Gasteiger partial charge in [-0.1, -0.05) is 32.1 Å². The molecule has 1 heterocycles. The Balaban J connectivity index is 1.96. The third-order valence-corrected chi connectivity index (χ3v) is 3.72. The summed E-state index contributed by atoms with van der Waals surface area (Å²) >= 11 is 0. The molecule has 0 aromatic rings. The SMILES string of the molecule is CCN(CC)CCC1=CC=C[C@@H]2OC(C)(C)O[C@H]12. The number of rotatable bonds is 5. The number of allylic oxidation sites excluding steroid dienone is 2. The van der Waals surface area contributed by atoms with E-state index >= 15 is 0 Å². The van der Waals surface area contributed by atoms with Crippen molar-refractivity contribution < 1.29 is 9.47 Å². The minimum atomic E-state index is -0.460. The molecule has 0 aromatic heterocycles. The lowest BCUT2D eigenvalue weighted by Gasteiger charge is -2.24. The average Bonchev–Trinajstić information content (AvgIpc) is 2.65. The summed E-state index contributed by atoms with van der Waals surface area (Å²) in [5.74, 6) is -0.460. The predicted molar refractivity (Wildman–Crippen MR) is 73.5 cm³/mol. The van der Waals surface area contributed by atoms with Crippen LogP contribution in [0.5, 0.6) is 0 Å². The topological polar surface area (TPSA) is 21.7 Å². The van der Waals surface area contributed by atoms with Crippen molar-refractivity contribution >= 4 is 0 Å². The van der Waals surface area contributed by atoms with Gasteiger partial charge in [0.05, 0.1) is 0 Å². The maximum atomic E-state index is 6.00. The third-order valence-electron chi connectivity index (χ3n) is 3.72. The Morgan fingerprint density at radius 2 is 1.94 bits per heavy atom. The summed E-state index contributed by atoms with van der Waals surface area (Å²) in [4.78, 5) is 2.44. The van der Waals surface area contributed by atoms with Gasteiger partial charge in [-0.2, -0.15) is 0 Å². The van der Waals surface area contributed by atoms with Crippen LogP contribution in [-0.2, 0) is 9.47 Å². The number of hydrogen-bond acceptors (Lipinski definition) is 3. The van der Waals surface area contributed by atoms with Crippen LogP contribution in [0, 0.1) is 0 Å². The van der Waals surface area contributed by atoms with Gasteiger partial charge in [-0.15, -0.1) is 0 Å². The quantitative estimate of drug-likeness (QED) is 0.750. The van der Waals surface area contributed by atoms with E-state index in [-0.39, 0.29) is 12.2 Å². The van der Waals surface area contributed by atoms with Gasteiger partial charge < -0.3 is 14.4 Å². The van der Waals surface area contributed by atoms with Crippen LogP contribution in [0.4, 0.5) is 0 Å². The third kappa shape index (κ3) is 3.02. The van der Waals surface area contributed by atoms with E-state index in [1.807, 2.05) is 13.8 Å². The Hall–Kier alpha value is -0.640. The molecule has 0 amide bonds. The minimum absolute atomic E-state index is 0.0942. The van der Waals surface area contributed by atoms with E-state index in [2.05, 4.69) is 37.0 Å². The molecule has 1 saturated heterocycles. The zero-order chi connectivity index (χ0) is 13.2. The highest BCUT2D eigenvalue weighted by Crippen LogP contribution is 2.35. The zero-order valence-corrected chi connectivity index (χ0v) is 12.0. The molecule has 3 nitrogen and oxygen atoms in total. The van der Waals surface area contributed by atoms with Crippen LogP contribution in [0.3, 0.4) is 0 Å². The summed E-state index contributed by atoms with van der Waals surface area (Å²) in [6.07, 6.45) is 7.66. The van der Waals surface area contributed by atoms with Crippen LogP contribution in [-0.4, -0.2) is 42.5 Å². The zero-order valence-electron chi connectivity index (χ0n) is 12.0. The lowest BCUT2D eigenvalue weighted by molar-refractivity contribution is -0.139. The van der Waals surface area contributed by atoms with Crippen molar-refractivity contribution in [3.05, 3.63) is 23.8 Å². The molecular formula is C15H25NO2. The van der Waals surface area contributed by atoms with Crippen LogP contribution in [0.15, 0.2) is 23.8 Å². The molecule has 1 fully saturated rings. The van der Waals surface area contributed by atoms with Gasteiger partial charge in [0.25, 0.3) is 0 Å². The highest BCUT2D eigenvalue weighted by atomic mass is 16.7. The average molecular weight is 251 g/mol. The Bertz CT molecular complexity index is 342. The monoisotopic (exact) mass is 251 g/mol. The molecular weight excluding hydrogens is 226 g/mol. The van der Waals surface area contributed by atoms with E-state index in [1.54, 1.807) is 0 Å². The molecule has 1 aliphatic heterocycles. The largest absolute Gasteiger partial charge is 0.340 e. The summed E-state index contributed by atoms with van der Waals surface area (Å²) in [6.45, 7) is 11.7. The molecule has 2 aliphatic rings. The van der Waals surface area contributed by atoms with Crippen LogP contribution >= 0.6 is 0 Å². The highest BCUT2D eigenvalue weighted by molar-refractivity contribution is 5.27. The summed E-state index contributed by atoms with van der Waals surface area (Å²) in [7, 11) is 0. The Kier molecular flexibility index (Phi) is 4.25. The number of ether oxygens (including phenoxy) is 2. The first kappa shape index (κ1) is 13.8. The second-order valence-corrected chi connectivity index (χ2v) is 5.42. The normalized spacial score (nSPS) is 29.5. The smallest absolute Gasteiger partial charge is 0.164 e. The first-order valence-electron chi connectivity index (χ1n) is 7.01. The molecule has 0 saturated carbocycles. The summed E-state index contributed by atoms with van der Waals surface area (Å²) < 4.78 is 11.9. The van der Waals surface area contributed by atoms with E-state index in [0.717, 1.165) is 26.1 Å². The minimum Gasteiger partial charge on any atom is -0.340 e. The van der Waals surface area contributed by atoms with Crippen molar-refractivity contribution in [2.75, 3.05) is 19.6 Å². The van der Waals surface area contributed by atoms with Crippen molar-refractivity contribution in [3.8, 4) is 0 Å². The summed E-state index contributed by atoms with van der Waals surface area (Å²) in [6, 6.07) is 0. The number of nitrogens with zero attached hydrogens (tertiary/aromatic N) is 1. The van der Waals surface area contributed by atoms with Crippen LogP contribution < -0.4 is 0 Å². The fourth-order valence-electron chi connectivity index (χ4n) is 2.65. The van der Waals surface area contributed by atoms with E-state index in [4.69, 9.17) is 9.47 Å². The van der Waals surface area contributed by atoms with Gasteiger partial charge in [0.2, 0.25) is 0 Å². The Labute approximate surface area is 110 Å². The molecule has 1 aliphatic carbocycles. The first-order valence-corrected chi connectivity index (χ1v) is 7.01. The second kappa shape index (κ2) is 5.55. The second-order valence-electron chi connectivity index (χ2n) is 5.42. The molecule has 0 aromatic carbocycles. The standard InChI is InChI=1S/C15H25NO2/c1-5-16(6-2)11-10-12-8-7-9-13-14(12)18-15(3,4)17-13/h7-9,13-14H,5-6,10-11H2,1-4H3/t13-,14+/m0/s1. The van der Waals surface area contributed by atoms with Crippen LogP contribution in [0.25, 0.3) is 0 Å². The van der Waals surface area contributed by atoms with Gasteiger partial charge in [-0.05, 0) is 38.9 Å². The van der Waals surface area contributed by atoms with Crippen LogP contribution in [0.1, 0.15) is 34.1 Å².